The van der Waals surface area contributed by atoms with Gasteiger partial charge in [0.15, 0.2) is 0 Å². The normalized spacial score (nSPS) is 18.5. The van der Waals surface area contributed by atoms with Crippen LogP contribution in [-0.2, 0) is 11.3 Å². The minimum absolute atomic E-state index is 0.167. The van der Waals surface area contributed by atoms with Gasteiger partial charge in [0.25, 0.3) is 0 Å². The Hall–Kier alpha value is -0.450. The lowest BCUT2D eigenvalue weighted by Gasteiger charge is -2.23. The van der Waals surface area contributed by atoms with Crippen LogP contribution in [0.2, 0.25) is 0 Å². The summed E-state index contributed by atoms with van der Waals surface area (Å²) in [5.74, 6) is -0.255. The van der Waals surface area contributed by atoms with E-state index in [2.05, 4.69) is 15.9 Å². The topological polar surface area (TPSA) is 35.2 Å². The summed E-state index contributed by atoms with van der Waals surface area (Å²) in [5, 5.41) is 0. The molecule has 2 N–H and O–H groups in total. The van der Waals surface area contributed by atoms with Gasteiger partial charge in [-0.25, -0.2) is 4.39 Å². The van der Waals surface area contributed by atoms with Gasteiger partial charge < -0.3 is 10.5 Å². The van der Waals surface area contributed by atoms with E-state index < -0.39 is 0 Å². The zero-order valence-electron chi connectivity index (χ0n) is 9.72. The molecule has 4 heteroatoms. The van der Waals surface area contributed by atoms with E-state index >= 15 is 0 Å². The number of rotatable bonds is 4. The molecule has 0 radical (unpaired) electrons. The minimum Gasteiger partial charge on any atom is -0.375 e. The smallest absolute Gasteiger partial charge is 0.137 e. The fourth-order valence-electron chi connectivity index (χ4n) is 2.25. The van der Waals surface area contributed by atoms with Gasteiger partial charge in [0.1, 0.15) is 5.82 Å². The average molecular weight is 302 g/mol. The lowest BCUT2D eigenvalue weighted by atomic mass is 10.0. The molecule has 1 fully saturated rings. The number of halogens is 2. The Labute approximate surface area is 109 Å². The maximum atomic E-state index is 13.3. The molecule has 0 atom stereocenters. The number of hydrogen-bond acceptors (Lipinski definition) is 2. The van der Waals surface area contributed by atoms with Crippen LogP contribution in [0.1, 0.15) is 31.2 Å². The standard InChI is InChI=1S/C13H17BrFNO/c14-12-10(4-3-5-11(12)15)8-17-9-13(16)6-1-2-7-13/h3-5H,1-2,6-9,16H2. The molecular weight excluding hydrogens is 285 g/mol. The molecule has 1 aliphatic carbocycles. The molecule has 2 rings (SSSR count). The van der Waals surface area contributed by atoms with Crippen LogP contribution in [0.3, 0.4) is 0 Å². The first-order valence-corrected chi connectivity index (χ1v) is 6.70. The molecule has 0 saturated heterocycles. The van der Waals surface area contributed by atoms with Crippen LogP contribution in [-0.4, -0.2) is 12.1 Å². The third-order valence-corrected chi connectivity index (χ3v) is 4.17. The summed E-state index contributed by atoms with van der Waals surface area (Å²) in [6.07, 6.45) is 4.42. The molecule has 2 nitrogen and oxygen atoms in total. The molecule has 1 aromatic rings. The molecule has 0 aliphatic heterocycles. The van der Waals surface area contributed by atoms with Crippen LogP contribution in [0.4, 0.5) is 4.39 Å². The third-order valence-electron chi connectivity index (χ3n) is 3.28. The average Bonchev–Trinajstić information content (AvgIpc) is 2.72. The first-order valence-electron chi connectivity index (χ1n) is 5.90. The molecule has 0 aromatic heterocycles. The van der Waals surface area contributed by atoms with E-state index in [-0.39, 0.29) is 11.4 Å². The van der Waals surface area contributed by atoms with E-state index in [1.54, 1.807) is 6.07 Å². The summed E-state index contributed by atoms with van der Waals surface area (Å²) < 4.78 is 19.4. The lowest BCUT2D eigenvalue weighted by molar-refractivity contribution is 0.0746. The van der Waals surface area contributed by atoms with Crippen LogP contribution < -0.4 is 5.73 Å². The fraction of sp³-hybridized carbons (Fsp3) is 0.538. The highest BCUT2D eigenvalue weighted by atomic mass is 79.9. The maximum absolute atomic E-state index is 13.3. The van der Waals surface area contributed by atoms with Gasteiger partial charge in [0.05, 0.1) is 17.7 Å². The molecule has 0 heterocycles. The van der Waals surface area contributed by atoms with Crippen molar-refractivity contribution in [2.45, 2.75) is 37.8 Å². The third kappa shape index (κ3) is 3.27. The van der Waals surface area contributed by atoms with Crippen LogP contribution in [0, 0.1) is 5.82 Å². The van der Waals surface area contributed by atoms with Crippen molar-refractivity contribution in [1.82, 2.24) is 0 Å². The Bertz CT molecular complexity index is 391. The number of nitrogens with two attached hydrogens (primary N) is 1. The SMILES string of the molecule is NC1(COCc2cccc(F)c2Br)CCCC1. The monoisotopic (exact) mass is 301 g/mol. The van der Waals surface area contributed by atoms with Gasteiger partial charge in [-0.2, -0.15) is 0 Å². The molecule has 1 aromatic carbocycles. The summed E-state index contributed by atoms with van der Waals surface area (Å²) >= 11 is 3.22. The molecular formula is C13H17BrFNO. The van der Waals surface area contributed by atoms with Crippen LogP contribution in [0.15, 0.2) is 22.7 Å². The van der Waals surface area contributed by atoms with Crippen LogP contribution in [0.25, 0.3) is 0 Å². The van der Waals surface area contributed by atoms with Gasteiger partial charge >= 0.3 is 0 Å². The molecule has 0 bridgehead atoms. The quantitative estimate of drug-likeness (QED) is 0.925. The lowest BCUT2D eigenvalue weighted by Crippen LogP contribution is -2.41. The van der Waals surface area contributed by atoms with Crippen molar-refractivity contribution in [3.63, 3.8) is 0 Å². The van der Waals surface area contributed by atoms with E-state index in [1.165, 1.54) is 18.9 Å². The molecule has 94 valence electrons. The zero-order valence-corrected chi connectivity index (χ0v) is 11.3. The van der Waals surface area contributed by atoms with Crippen molar-refractivity contribution in [1.29, 1.82) is 0 Å². The Morgan fingerprint density at radius 3 is 2.76 bits per heavy atom. The first kappa shape index (κ1) is 13.0. The van der Waals surface area contributed by atoms with Gasteiger partial charge in [0, 0.05) is 5.54 Å². The fourth-order valence-corrected chi connectivity index (χ4v) is 2.63. The summed E-state index contributed by atoms with van der Waals surface area (Å²) in [6, 6.07) is 4.96. The van der Waals surface area contributed by atoms with Gasteiger partial charge in [-0.3, -0.25) is 0 Å². The van der Waals surface area contributed by atoms with E-state index in [4.69, 9.17) is 10.5 Å². The summed E-state index contributed by atoms with van der Waals surface area (Å²) in [6.45, 7) is 0.952. The largest absolute Gasteiger partial charge is 0.375 e. The van der Waals surface area contributed by atoms with Crippen LogP contribution in [0.5, 0.6) is 0 Å². The van der Waals surface area contributed by atoms with Crippen molar-refractivity contribution in [2.24, 2.45) is 5.73 Å². The van der Waals surface area contributed by atoms with Gasteiger partial charge in [-0.1, -0.05) is 25.0 Å². The van der Waals surface area contributed by atoms with Crippen molar-refractivity contribution < 1.29 is 9.13 Å². The second-order valence-electron chi connectivity index (χ2n) is 4.78. The number of benzene rings is 1. The summed E-state index contributed by atoms with van der Waals surface area (Å²) in [7, 11) is 0. The molecule has 1 aliphatic rings. The second kappa shape index (κ2) is 5.46. The Balaban J connectivity index is 1.88. The van der Waals surface area contributed by atoms with Gasteiger partial charge in [0.2, 0.25) is 0 Å². The predicted octanol–water partition coefficient (Wildman–Crippen LogP) is 3.38. The second-order valence-corrected chi connectivity index (χ2v) is 5.57. The minimum atomic E-state index is -0.255. The Morgan fingerprint density at radius 1 is 1.35 bits per heavy atom. The van der Waals surface area contributed by atoms with Gasteiger partial charge in [-0.05, 0) is 40.4 Å². The molecule has 0 amide bonds. The number of ether oxygens (including phenoxy) is 1. The van der Waals surface area contributed by atoms with Crippen molar-refractivity contribution >= 4 is 15.9 Å². The van der Waals surface area contributed by atoms with E-state index in [0.717, 1.165) is 18.4 Å². The molecule has 1 saturated carbocycles. The highest BCUT2D eigenvalue weighted by molar-refractivity contribution is 9.10. The highest BCUT2D eigenvalue weighted by Gasteiger charge is 2.29. The summed E-state index contributed by atoms with van der Waals surface area (Å²) in [4.78, 5) is 0. The predicted molar refractivity (Wildman–Crippen MR) is 69.1 cm³/mol. The van der Waals surface area contributed by atoms with Crippen molar-refractivity contribution in [3.8, 4) is 0 Å². The molecule has 0 spiro atoms. The molecule has 17 heavy (non-hydrogen) atoms. The number of hydrogen-bond donors (Lipinski definition) is 1. The van der Waals surface area contributed by atoms with Crippen LogP contribution >= 0.6 is 15.9 Å². The zero-order chi connectivity index (χ0) is 12.3. The summed E-state index contributed by atoms with van der Waals surface area (Å²) in [5.41, 5.74) is 6.84. The van der Waals surface area contributed by atoms with Crippen molar-refractivity contribution in [2.75, 3.05) is 6.61 Å². The Kier molecular flexibility index (Phi) is 4.17. The van der Waals surface area contributed by atoms with Gasteiger partial charge in [-0.15, -0.1) is 0 Å². The first-order chi connectivity index (χ1) is 8.11. The molecule has 0 unspecified atom stereocenters. The van der Waals surface area contributed by atoms with E-state index in [9.17, 15) is 4.39 Å². The maximum Gasteiger partial charge on any atom is 0.137 e. The van der Waals surface area contributed by atoms with E-state index in [1.807, 2.05) is 6.07 Å². The van der Waals surface area contributed by atoms with Crippen molar-refractivity contribution in [3.05, 3.63) is 34.1 Å². The highest BCUT2D eigenvalue weighted by Crippen LogP contribution is 2.28. The van der Waals surface area contributed by atoms with E-state index in [0.29, 0.717) is 17.7 Å². The Morgan fingerprint density at radius 2 is 2.06 bits per heavy atom.